The van der Waals surface area contributed by atoms with Crippen LogP contribution in [-0.2, 0) is 0 Å². The lowest BCUT2D eigenvalue weighted by molar-refractivity contribution is 0.101. The molecule has 0 aliphatic rings. The number of nitrogens with one attached hydrogen (secondary N) is 1. The summed E-state index contributed by atoms with van der Waals surface area (Å²) in [6, 6.07) is 5.57. The highest BCUT2D eigenvalue weighted by Crippen LogP contribution is 2.21. The molecular weight excluding hydrogens is 269 g/mol. The minimum atomic E-state index is -1.26. The van der Waals surface area contributed by atoms with E-state index in [9.17, 15) is 18.0 Å². The summed E-state index contributed by atoms with van der Waals surface area (Å²) in [4.78, 5) is 11.9. The third kappa shape index (κ3) is 2.74. The van der Waals surface area contributed by atoms with Gasteiger partial charge in [0.2, 0.25) is 0 Å². The fourth-order valence-electron chi connectivity index (χ4n) is 1.77. The molecule has 1 amide bonds. The first-order chi connectivity index (χ1) is 9.38. The molecule has 2 aromatic rings. The monoisotopic (exact) mass is 280 g/mol. The Hall–Kier alpha value is -2.50. The van der Waals surface area contributed by atoms with Gasteiger partial charge in [0, 0.05) is 23.5 Å². The van der Waals surface area contributed by atoms with Crippen LogP contribution < -0.4 is 11.1 Å². The summed E-state index contributed by atoms with van der Waals surface area (Å²) in [7, 11) is 0. The molecule has 0 saturated heterocycles. The van der Waals surface area contributed by atoms with Crippen LogP contribution in [0.2, 0.25) is 0 Å². The highest BCUT2D eigenvalue weighted by molar-refractivity contribution is 6.05. The first-order valence-corrected chi connectivity index (χ1v) is 5.70. The number of amides is 1. The van der Waals surface area contributed by atoms with Gasteiger partial charge in [-0.2, -0.15) is 0 Å². The van der Waals surface area contributed by atoms with Gasteiger partial charge in [-0.1, -0.05) is 0 Å². The minimum Gasteiger partial charge on any atom is -0.399 e. The van der Waals surface area contributed by atoms with Crippen molar-refractivity contribution in [3.63, 3.8) is 0 Å². The molecule has 104 valence electrons. The lowest BCUT2D eigenvalue weighted by atomic mass is 10.1. The van der Waals surface area contributed by atoms with E-state index in [0.717, 1.165) is 0 Å². The van der Waals surface area contributed by atoms with Crippen LogP contribution in [0, 0.1) is 24.4 Å². The molecule has 2 rings (SSSR count). The molecule has 0 atom stereocenters. The van der Waals surface area contributed by atoms with E-state index in [1.807, 2.05) is 0 Å². The topological polar surface area (TPSA) is 55.1 Å². The molecule has 3 nitrogen and oxygen atoms in total. The third-order valence-electron chi connectivity index (χ3n) is 2.73. The maximum absolute atomic E-state index is 13.5. The van der Waals surface area contributed by atoms with Gasteiger partial charge in [0.15, 0.2) is 0 Å². The Balaban J connectivity index is 2.33. The molecule has 0 aliphatic carbocycles. The van der Waals surface area contributed by atoms with Crippen LogP contribution in [0.3, 0.4) is 0 Å². The molecule has 0 saturated carbocycles. The van der Waals surface area contributed by atoms with Crippen molar-refractivity contribution in [2.75, 3.05) is 11.1 Å². The van der Waals surface area contributed by atoms with Crippen molar-refractivity contribution >= 4 is 17.3 Å². The zero-order valence-electron chi connectivity index (χ0n) is 10.5. The first kappa shape index (κ1) is 13.9. The van der Waals surface area contributed by atoms with Gasteiger partial charge in [-0.15, -0.1) is 0 Å². The highest BCUT2D eigenvalue weighted by Gasteiger charge is 2.19. The van der Waals surface area contributed by atoms with Crippen LogP contribution in [0.5, 0.6) is 0 Å². The van der Waals surface area contributed by atoms with Crippen molar-refractivity contribution in [2.24, 2.45) is 0 Å². The summed E-state index contributed by atoms with van der Waals surface area (Å²) < 4.78 is 39.7. The Kier molecular flexibility index (Phi) is 3.65. The number of hydrogen-bond acceptors (Lipinski definition) is 2. The maximum Gasteiger partial charge on any atom is 0.261 e. The molecule has 3 N–H and O–H groups in total. The molecular formula is C14H11F3N2O. The summed E-state index contributed by atoms with van der Waals surface area (Å²) in [5, 5.41) is 2.36. The summed E-state index contributed by atoms with van der Waals surface area (Å²) in [5.41, 5.74) is 6.24. The Morgan fingerprint density at radius 2 is 1.70 bits per heavy atom. The Labute approximate surface area is 113 Å². The molecule has 6 heteroatoms. The SMILES string of the molecule is Cc1cc(N)ccc1NC(=O)c1c(F)cc(F)cc1F. The number of hydrogen-bond donors (Lipinski definition) is 2. The fourth-order valence-corrected chi connectivity index (χ4v) is 1.77. The second-order valence-corrected chi connectivity index (χ2v) is 4.27. The molecule has 2 aromatic carbocycles. The second-order valence-electron chi connectivity index (χ2n) is 4.27. The number of aryl methyl sites for hydroxylation is 1. The van der Waals surface area contributed by atoms with Crippen molar-refractivity contribution in [2.45, 2.75) is 6.92 Å². The molecule has 0 fully saturated rings. The van der Waals surface area contributed by atoms with Crippen LogP contribution in [0.25, 0.3) is 0 Å². The Bertz CT molecular complexity index is 663. The number of nitrogens with two attached hydrogens (primary N) is 1. The van der Waals surface area contributed by atoms with Crippen LogP contribution >= 0.6 is 0 Å². The zero-order valence-corrected chi connectivity index (χ0v) is 10.5. The molecule has 0 bridgehead atoms. The average molecular weight is 280 g/mol. The minimum absolute atomic E-state index is 0.368. The lowest BCUT2D eigenvalue weighted by Gasteiger charge is -2.10. The van der Waals surface area contributed by atoms with E-state index in [1.165, 1.54) is 6.07 Å². The van der Waals surface area contributed by atoms with Crippen molar-refractivity contribution < 1.29 is 18.0 Å². The molecule has 0 unspecified atom stereocenters. The quantitative estimate of drug-likeness (QED) is 0.830. The van der Waals surface area contributed by atoms with Gasteiger partial charge in [-0.3, -0.25) is 4.79 Å². The predicted octanol–water partition coefficient (Wildman–Crippen LogP) is 3.25. The van der Waals surface area contributed by atoms with Gasteiger partial charge in [0.05, 0.1) is 0 Å². The fraction of sp³-hybridized carbons (Fsp3) is 0.0714. The summed E-state index contributed by atoms with van der Waals surface area (Å²) in [6.45, 7) is 1.68. The second kappa shape index (κ2) is 5.24. The largest absolute Gasteiger partial charge is 0.399 e. The van der Waals surface area contributed by atoms with Crippen LogP contribution in [0.15, 0.2) is 30.3 Å². The number of nitrogen functional groups attached to an aromatic ring is 1. The lowest BCUT2D eigenvalue weighted by Crippen LogP contribution is -2.17. The molecule has 0 aromatic heterocycles. The zero-order chi connectivity index (χ0) is 14.9. The van der Waals surface area contributed by atoms with Gasteiger partial charge in [0.25, 0.3) is 5.91 Å². The van der Waals surface area contributed by atoms with Gasteiger partial charge in [-0.25, -0.2) is 13.2 Å². The number of rotatable bonds is 2. The summed E-state index contributed by atoms with van der Waals surface area (Å²) in [6.07, 6.45) is 0. The maximum atomic E-state index is 13.5. The van der Waals surface area contributed by atoms with E-state index >= 15 is 0 Å². The average Bonchev–Trinajstić information content (AvgIpc) is 2.31. The molecule has 0 radical (unpaired) electrons. The Morgan fingerprint density at radius 1 is 1.10 bits per heavy atom. The standard InChI is InChI=1S/C14H11F3N2O/c1-7-4-9(18)2-3-12(7)19-14(20)13-10(16)5-8(15)6-11(13)17/h2-6H,18H2,1H3,(H,19,20). The molecule has 0 aliphatic heterocycles. The van der Waals surface area contributed by atoms with Crippen molar-refractivity contribution in [1.82, 2.24) is 0 Å². The first-order valence-electron chi connectivity index (χ1n) is 5.70. The van der Waals surface area contributed by atoms with E-state index in [0.29, 0.717) is 29.1 Å². The van der Waals surface area contributed by atoms with E-state index in [2.05, 4.69) is 5.32 Å². The number of anilines is 2. The van der Waals surface area contributed by atoms with Crippen LogP contribution in [-0.4, -0.2) is 5.91 Å². The molecule has 0 heterocycles. The smallest absolute Gasteiger partial charge is 0.261 e. The van der Waals surface area contributed by atoms with Gasteiger partial charge < -0.3 is 11.1 Å². The van der Waals surface area contributed by atoms with E-state index in [1.54, 1.807) is 19.1 Å². The Morgan fingerprint density at radius 3 is 2.25 bits per heavy atom. The number of carbonyl (C=O) groups is 1. The molecule has 0 spiro atoms. The van der Waals surface area contributed by atoms with E-state index in [4.69, 9.17) is 5.73 Å². The summed E-state index contributed by atoms with van der Waals surface area (Å²) >= 11 is 0. The predicted molar refractivity (Wildman–Crippen MR) is 69.9 cm³/mol. The van der Waals surface area contributed by atoms with Crippen molar-refractivity contribution in [1.29, 1.82) is 0 Å². The van der Waals surface area contributed by atoms with E-state index < -0.39 is 28.9 Å². The van der Waals surface area contributed by atoms with E-state index in [-0.39, 0.29) is 0 Å². The van der Waals surface area contributed by atoms with Gasteiger partial charge >= 0.3 is 0 Å². The van der Waals surface area contributed by atoms with Gasteiger partial charge in [-0.05, 0) is 30.7 Å². The highest BCUT2D eigenvalue weighted by atomic mass is 19.1. The number of carbonyl (C=O) groups excluding carboxylic acids is 1. The normalized spacial score (nSPS) is 10.4. The van der Waals surface area contributed by atoms with Crippen molar-refractivity contribution in [3.8, 4) is 0 Å². The third-order valence-corrected chi connectivity index (χ3v) is 2.73. The van der Waals surface area contributed by atoms with Crippen molar-refractivity contribution in [3.05, 3.63) is 58.9 Å². The van der Waals surface area contributed by atoms with Crippen LogP contribution in [0.4, 0.5) is 24.5 Å². The molecule has 20 heavy (non-hydrogen) atoms. The summed E-state index contributed by atoms with van der Waals surface area (Å²) in [5.74, 6) is -4.59. The van der Waals surface area contributed by atoms with Gasteiger partial charge in [0.1, 0.15) is 23.0 Å². The number of halogens is 3. The number of benzene rings is 2. The van der Waals surface area contributed by atoms with Crippen LogP contribution in [0.1, 0.15) is 15.9 Å².